The molecule has 0 aliphatic carbocycles. The number of aromatic nitrogens is 2. The Bertz CT molecular complexity index is 529. The summed E-state index contributed by atoms with van der Waals surface area (Å²) in [4.78, 5) is 18.9. The number of halogens is 1. The van der Waals surface area contributed by atoms with Crippen LogP contribution in [-0.4, -0.2) is 21.0 Å². The van der Waals surface area contributed by atoms with Gasteiger partial charge >= 0.3 is 5.97 Å². The summed E-state index contributed by atoms with van der Waals surface area (Å²) in [6, 6.07) is 6.73. The van der Waals surface area contributed by atoms with Crippen LogP contribution in [0.3, 0.4) is 0 Å². The molecule has 5 heteroatoms. The Morgan fingerprint density at radius 2 is 2.00 bits per heavy atom. The van der Waals surface area contributed by atoms with Crippen LogP contribution in [0.1, 0.15) is 10.5 Å². The number of carbonyl (C=O) groups is 1. The second-order valence-electron chi connectivity index (χ2n) is 3.04. The smallest absolute Gasteiger partial charge is 0.355 e. The summed E-state index contributed by atoms with van der Waals surface area (Å²) < 4.78 is 0. The van der Waals surface area contributed by atoms with Gasteiger partial charge in [-0.3, -0.25) is 4.98 Å². The molecule has 0 unspecified atom stereocenters. The molecule has 0 aromatic carbocycles. The van der Waals surface area contributed by atoms with Crippen molar-refractivity contribution in [2.75, 3.05) is 0 Å². The number of pyridine rings is 2. The number of aromatic carboxylic acids is 1. The molecule has 80 valence electrons. The Morgan fingerprint density at radius 1 is 1.19 bits per heavy atom. The highest BCUT2D eigenvalue weighted by Crippen LogP contribution is 2.28. The first-order chi connectivity index (χ1) is 7.70. The van der Waals surface area contributed by atoms with Crippen LogP contribution in [0, 0.1) is 0 Å². The van der Waals surface area contributed by atoms with Crippen molar-refractivity contribution < 1.29 is 9.90 Å². The Kier molecular flexibility index (Phi) is 2.83. The molecule has 0 saturated carbocycles. The molecule has 4 nitrogen and oxygen atoms in total. The first-order valence-electron chi connectivity index (χ1n) is 4.49. The van der Waals surface area contributed by atoms with E-state index in [4.69, 9.17) is 16.7 Å². The lowest BCUT2D eigenvalue weighted by atomic mass is 10.1. The molecule has 0 fully saturated rings. The number of hydrogen-bond donors (Lipinski definition) is 1. The van der Waals surface area contributed by atoms with Gasteiger partial charge in [0.1, 0.15) is 0 Å². The predicted molar refractivity (Wildman–Crippen MR) is 59.4 cm³/mol. The second kappa shape index (κ2) is 4.28. The van der Waals surface area contributed by atoms with Gasteiger partial charge in [0.2, 0.25) is 0 Å². The minimum atomic E-state index is -1.12. The summed E-state index contributed by atoms with van der Waals surface area (Å²) in [5.41, 5.74) is 0.751. The number of carboxylic acids is 1. The average Bonchev–Trinajstić information content (AvgIpc) is 2.29. The zero-order chi connectivity index (χ0) is 11.5. The lowest BCUT2D eigenvalue weighted by Crippen LogP contribution is -2.03. The fourth-order valence-corrected chi connectivity index (χ4v) is 1.60. The maximum Gasteiger partial charge on any atom is 0.355 e. The van der Waals surface area contributed by atoms with Crippen molar-refractivity contribution in [1.29, 1.82) is 0 Å². The Hall–Kier alpha value is -1.94. The largest absolute Gasteiger partial charge is 0.476 e. The quantitative estimate of drug-likeness (QED) is 0.867. The molecule has 0 atom stereocenters. The van der Waals surface area contributed by atoms with Crippen LogP contribution in [-0.2, 0) is 0 Å². The van der Waals surface area contributed by atoms with E-state index in [1.165, 1.54) is 12.3 Å². The van der Waals surface area contributed by atoms with Crippen molar-refractivity contribution in [3.05, 3.63) is 47.4 Å². The van der Waals surface area contributed by atoms with Gasteiger partial charge in [-0.2, -0.15) is 0 Å². The van der Waals surface area contributed by atoms with Crippen LogP contribution in [0.5, 0.6) is 0 Å². The summed E-state index contributed by atoms with van der Waals surface area (Å²) in [5.74, 6) is -1.12. The van der Waals surface area contributed by atoms with E-state index < -0.39 is 5.97 Å². The molecule has 2 aromatic rings. The third kappa shape index (κ3) is 1.87. The summed E-state index contributed by atoms with van der Waals surface area (Å²) in [7, 11) is 0. The first-order valence-corrected chi connectivity index (χ1v) is 4.87. The number of hydrogen-bond acceptors (Lipinski definition) is 3. The highest BCUT2D eigenvalue weighted by Gasteiger charge is 2.16. The van der Waals surface area contributed by atoms with E-state index in [9.17, 15) is 4.79 Å². The second-order valence-corrected chi connectivity index (χ2v) is 3.44. The fourth-order valence-electron chi connectivity index (χ4n) is 1.35. The molecular weight excluding hydrogens is 228 g/mol. The van der Waals surface area contributed by atoms with E-state index in [1.54, 1.807) is 24.4 Å². The monoisotopic (exact) mass is 234 g/mol. The molecule has 1 N–H and O–H groups in total. The molecule has 0 spiro atoms. The fraction of sp³-hybridized carbons (Fsp3) is 0. The van der Waals surface area contributed by atoms with Gasteiger partial charge in [0.05, 0.1) is 16.3 Å². The molecule has 0 aliphatic heterocycles. The molecule has 0 aliphatic rings. The standard InChI is InChI=1S/C11H7ClN2O2/c12-7-4-6-14-10(11(15)16)9(7)8-3-1-2-5-13-8/h1-6H,(H,15,16). The molecule has 0 amide bonds. The summed E-state index contributed by atoms with van der Waals surface area (Å²) in [5, 5.41) is 9.33. The topological polar surface area (TPSA) is 63.1 Å². The third-order valence-electron chi connectivity index (χ3n) is 2.02. The van der Waals surface area contributed by atoms with Gasteiger partial charge in [-0.05, 0) is 18.2 Å². The van der Waals surface area contributed by atoms with Crippen LogP contribution in [0.25, 0.3) is 11.3 Å². The van der Waals surface area contributed by atoms with E-state index in [2.05, 4.69) is 9.97 Å². The van der Waals surface area contributed by atoms with Gasteiger partial charge in [0.25, 0.3) is 0 Å². The molecule has 0 saturated heterocycles. The lowest BCUT2D eigenvalue weighted by molar-refractivity contribution is 0.0691. The van der Waals surface area contributed by atoms with Crippen LogP contribution in [0.2, 0.25) is 5.02 Å². The van der Waals surface area contributed by atoms with Crippen molar-refractivity contribution >= 4 is 17.6 Å². The van der Waals surface area contributed by atoms with Crippen molar-refractivity contribution in [2.45, 2.75) is 0 Å². The Balaban J connectivity index is 2.68. The zero-order valence-corrected chi connectivity index (χ0v) is 8.85. The Morgan fingerprint density at radius 3 is 2.62 bits per heavy atom. The van der Waals surface area contributed by atoms with Crippen LogP contribution < -0.4 is 0 Å². The summed E-state index contributed by atoms with van der Waals surface area (Å²) in [6.07, 6.45) is 2.93. The van der Waals surface area contributed by atoms with E-state index >= 15 is 0 Å². The van der Waals surface area contributed by atoms with Gasteiger partial charge < -0.3 is 5.11 Å². The van der Waals surface area contributed by atoms with Crippen LogP contribution >= 0.6 is 11.6 Å². The van der Waals surface area contributed by atoms with Crippen molar-refractivity contribution in [3.63, 3.8) is 0 Å². The highest BCUT2D eigenvalue weighted by atomic mass is 35.5. The van der Waals surface area contributed by atoms with E-state index in [0.29, 0.717) is 16.3 Å². The molecule has 2 rings (SSSR count). The van der Waals surface area contributed by atoms with E-state index in [1.807, 2.05) is 0 Å². The zero-order valence-electron chi connectivity index (χ0n) is 8.09. The molecular formula is C11H7ClN2O2. The van der Waals surface area contributed by atoms with Crippen LogP contribution in [0.4, 0.5) is 0 Å². The molecule has 0 bridgehead atoms. The minimum Gasteiger partial charge on any atom is -0.476 e. The van der Waals surface area contributed by atoms with Crippen molar-refractivity contribution in [1.82, 2.24) is 9.97 Å². The summed E-state index contributed by atoms with van der Waals surface area (Å²) in [6.45, 7) is 0. The third-order valence-corrected chi connectivity index (χ3v) is 2.34. The van der Waals surface area contributed by atoms with E-state index in [0.717, 1.165) is 0 Å². The van der Waals surface area contributed by atoms with E-state index in [-0.39, 0.29) is 5.69 Å². The first kappa shape index (κ1) is 10.6. The number of nitrogens with zero attached hydrogens (tertiary/aromatic N) is 2. The van der Waals surface area contributed by atoms with Gasteiger partial charge in [0.15, 0.2) is 5.69 Å². The van der Waals surface area contributed by atoms with Crippen molar-refractivity contribution in [2.24, 2.45) is 0 Å². The molecule has 0 radical (unpaired) electrons. The van der Waals surface area contributed by atoms with Crippen molar-refractivity contribution in [3.8, 4) is 11.3 Å². The SMILES string of the molecule is O=C(O)c1nccc(Cl)c1-c1ccccn1. The maximum atomic E-state index is 11.0. The highest BCUT2D eigenvalue weighted by molar-refractivity contribution is 6.33. The number of carboxylic acid groups (broad SMARTS) is 1. The van der Waals surface area contributed by atoms with Gasteiger partial charge in [-0.15, -0.1) is 0 Å². The van der Waals surface area contributed by atoms with Gasteiger partial charge in [-0.1, -0.05) is 17.7 Å². The van der Waals surface area contributed by atoms with Crippen LogP contribution in [0.15, 0.2) is 36.7 Å². The molecule has 16 heavy (non-hydrogen) atoms. The van der Waals surface area contributed by atoms with Gasteiger partial charge in [-0.25, -0.2) is 9.78 Å². The summed E-state index contributed by atoms with van der Waals surface area (Å²) >= 11 is 5.96. The molecule has 2 aromatic heterocycles. The predicted octanol–water partition coefficient (Wildman–Crippen LogP) is 2.50. The normalized spacial score (nSPS) is 10.1. The maximum absolute atomic E-state index is 11.0. The van der Waals surface area contributed by atoms with Gasteiger partial charge in [0, 0.05) is 12.4 Å². The average molecular weight is 235 g/mol. The molecule has 2 heterocycles. The Labute approximate surface area is 96.6 Å². The lowest BCUT2D eigenvalue weighted by Gasteiger charge is -2.06. The minimum absolute atomic E-state index is 0.0915. The number of rotatable bonds is 2.